The molecule has 0 radical (unpaired) electrons. The first kappa shape index (κ1) is 33.3. The number of aliphatic hydroxyl groups is 1. The number of hydrogen-bond acceptors (Lipinski definition) is 9. The van der Waals surface area contributed by atoms with Crippen LogP contribution in [0, 0.1) is 5.92 Å². The molecule has 4 fully saturated rings. The van der Waals surface area contributed by atoms with E-state index in [-0.39, 0.29) is 60.6 Å². The molecule has 0 aromatic carbocycles. The van der Waals surface area contributed by atoms with Crippen LogP contribution < -0.4 is 16.4 Å². The Kier molecular flexibility index (Phi) is 11.2. The van der Waals surface area contributed by atoms with Gasteiger partial charge in [-0.15, -0.1) is 0 Å². The lowest BCUT2D eigenvalue weighted by Crippen LogP contribution is -2.53. The van der Waals surface area contributed by atoms with Crippen molar-refractivity contribution in [3.05, 3.63) is 36.0 Å². The van der Waals surface area contributed by atoms with Gasteiger partial charge in [0.1, 0.15) is 23.9 Å². The predicted octanol–water partition coefficient (Wildman–Crippen LogP) is 1.97. The Morgan fingerprint density at radius 3 is 2.49 bits per heavy atom. The Morgan fingerprint density at radius 2 is 1.84 bits per heavy atom. The number of ether oxygens (including phenoxy) is 4. The molecule has 240 valence electrons. The highest BCUT2D eigenvalue weighted by Crippen LogP contribution is 2.43. The van der Waals surface area contributed by atoms with Crippen molar-refractivity contribution in [2.45, 2.75) is 133 Å². The van der Waals surface area contributed by atoms with Crippen molar-refractivity contribution in [3.63, 3.8) is 0 Å². The van der Waals surface area contributed by atoms with E-state index >= 15 is 0 Å². The van der Waals surface area contributed by atoms with Crippen LogP contribution >= 0.6 is 0 Å². The number of amides is 2. The van der Waals surface area contributed by atoms with Gasteiger partial charge in [0.25, 0.3) is 0 Å². The van der Waals surface area contributed by atoms with Gasteiger partial charge in [-0.05, 0) is 58.4 Å². The van der Waals surface area contributed by atoms with Gasteiger partial charge in [0.05, 0.1) is 37.4 Å². The third-order valence-corrected chi connectivity index (χ3v) is 8.88. The molecule has 1 aliphatic carbocycles. The average molecular weight is 604 g/mol. The molecule has 11 nitrogen and oxygen atoms in total. The van der Waals surface area contributed by atoms with E-state index in [9.17, 15) is 19.5 Å². The zero-order valence-electron chi connectivity index (χ0n) is 26.0. The van der Waals surface area contributed by atoms with Crippen molar-refractivity contribution < 1.29 is 38.4 Å². The van der Waals surface area contributed by atoms with Gasteiger partial charge in [-0.1, -0.05) is 30.7 Å². The van der Waals surface area contributed by atoms with Crippen molar-refractivity contribution in [2.24, 2.45) is 11.7 Å². The van der Waals surface area contributed by atoms with Crippen molar-refractivity contribution in [1.29, 1.82) is 0 Å². The second kappa shape index (κ2) is 14.5. The van der Waals surface area contributed by atoms with Crippen LogP contribution in [0.3, 0.4) is 0 Å². The van der Waals surface area contributed by atoms with E-state index in [0.29, 0.717) is 19.4 Å². The number of hydrogen-bond donors (Lipinski definition) is 4. The van der Waals surface area contributed by atoms with E-state index in [1.54, 1.807) is 13.0 Å². The van der Waals surface area contributed by atoms with E-state index in [4.69, 9.17) is 24.7 Å². The Hall–Kier alpha value is -2.57. The van der Waals surface area contributed by atoms with E-state index in [1.165, 1.54) is 13.0 Å². The van der Waals surface area contributed by atoms with Crippen molar-refractivity contribution in [3.8, 4) is 0 Å². The molecular formula is C32H49N3O8. The highest BCUT2D eigenvalue weighted by atomic mass is 16.6. The summed E-state index contributed by atoms with van der Waals surface area (Å²) in [5.41, 5.74) is 6.19. The first-order chi connectivity index (χ1) is 20.3. The molecule has 9 atom stereocenters. The maximum absolute atomic E-state index is 12.5. The van der Waals surface area contributed by atoms with Gasteiger partial charge >= 0.3 is 5.97 Å². The summed E-state index contributed by atoms with van der Waals surface area (Å²) in [6, 6.07) is 0.182. The highest BCUT2D eigenvalue weighted by molar-refractivity contribution is 5.87. The minimum absolute atomic E-state index is 0.00111. The second-order valence-corrected chi connectivity index (χ2v) is 12.8. The lowest BCUT2D eigenvalue weighted by Gasteiger charge is -2.39. The summed E-state index contributed by atoms with van der Waals surface area (Å²) in [4.78, 5) is 36.0. The van der Waals surface area contributed by atoms with Gasteiger partial charge < -0.3 is 40.4 Å². The molecule has 4 rings (SSSR count). The monoisotopic (exact) mass is 603 g/mol. The highest BCUT2D eigenvalue weighted by Gasteiger charge is 2.58. The molecule has 1 saturated carbocycles. The largest absolute Gasteiger partial charge is 0.459 e. The minimum atomic E-state index is -0.796. The summed E-state index contributed by atoms with van der Waals surface area (Å²) < 4.78 is 23.1. The summed E-state index contributed by atoms with van der Waals surface area (Å²) in [7, 11) is 0. The summed E-state index contributed by atoms with van der Waals surface area (Å²) in [5, 5.41) is 16.9. The molecule has 1 spiro atoms. The zero-order chi connectivity index (χ0) is 31.3. The fourth-order valence-corrected chi connectivity index (χ4v) is 6.16. The predicted molar refractivity (Wildman–Crippen MR) is 160 cm³/mol. The zero-order valence-corrected chi connectivity index (χ0v) is 26.0. The molecule has 0 aromatic heterocycles. The van der Waals surface area contributed by atoms with Gasteiger partial charge in [-0.2, -0.15) is 0 Å². The second-order valence-electron chi connectivity index (χ2n) is 12.8. The quantitative estimate of drug-likeness (QED) is 0.120. The molecule has 0 bridgehead atoms. The standard InChI is InChI=1S/C32H49N3O8/c1-18(6-9-27-19(2)12-26(21(4)42-27)35-29(37)11-8-20(3)41-22(5)36)7-10-28-31(39)32(17-40-32)16-25(43-28)15-30(38)34-24-13-23(33)14-24/h6-8,10-11,19-21,23-28,31,39H,9,12-17,33H2,1-5H3,(H,34,38)(H,35,37)/b10-7+,11-8-,18-6+/t19-,20-,21+,23?,24?,25+,26+,27-,28+,31+,32?/m0/s1. The summed E-state index contributed by atoms with van der Waals surface area (Å²) in [5.74, 6) is -0.484. The van der Waals surface area contributed by atoms with Gasteiger partial charge in [0.15, 0.2) is 0 Å². The lowest BCUT2D eigenvalue weighted by molar-refractivity contribution is -0.146. The number of carbonyl (C=O) groups is 3. The fraction of sp³-hybridized carbons (Fsp3) is 0.719. The van der Waals surface area contributed by atoms with Crippen molar-refractivity contribution >= 4 is 17.8 Å². The molecule has 11 heteroatoms. The Labute approximate surface area is 254 Å². The van der Waals surface area contributed by atoms with E-state index in [2.05, 4.69) is 23.6 Å². The van der Waals surface area contributed by atoms with Gasteiger partial charge in [0.2, 0.25) is 11.8 Å². The summed E-state index contributed by atoms with van der Waals surface area (Å²) >= 11 is 0. The van der Waals surface area contributed by atoms with Crippen molar-refractivity contribution in [1.82, 2.24) is 10.6 Å². The van der Waals surface area contributed by atoms with Crippen LogP contribution in [0.1, 0.15) is 73.1 Å². The first-order valence-electron chi connectivity index (χ1n) is 15.5. The molecule has 3 aliphatic heterocycles. The van der Waals surface area contributed by atoms with Gasteiger partial charge in [0, 0.05) is 31.5 Å². The number of epoxide rings is 1. The molecule has 0 aromatic rings. The first-order valence-corrected chi connectivity index (χ1v) is 15.5. The number of nitrogens with one attached hydrogen (secondary N) is 2. The normalized spacial score (nSPS) is 38.5. The van der Waals surface area contributed by atoms with Crippen LogP contribution in [-0.4, -0.2) is 89.8 Å². The smallest absolute Gasteiger partial charge is 0.303 e. The molecule has 43 heavy (non-hydrogen) atoms. The Bertz CT molecular complexity index is 1100. The van der Waals surface area contributed by atoms with Crippen LogP contribution in [0.25, 0.3) is 0 Å². The third kappa shape index (κ3) is 9.46. The maximum Gasteiger partial charge on any atom is 0.303 e. The van der Waals surface area contributed by atoms with Crippen LogP contribution in [0.5, 0.6) is 0 Å². The number of nitrogens with two attached hydrogens (primary N) is 1. The van der Waals surface area contributed by atoms with Crippen LogP contribution in [0.4, 0.5) is 0 Å². The molecular weight excluding hydrogens is 554 g/mol. The minimum Gasteiger partial charge on any atom is -0.459 e. The summed E-state index contributed by atoms with van der Waals surface area (Å²) in [6.45, 7) is 9.56. The van der Waals surface area contributed by atoms with E-state index < -0.39 is 29.9 Å². The Balaban J connectivity index is 1.24. The number of rotatable bonds is 11. The Morgan fingerprint density at radius 1 is 1.12 bits per heavy atom. The van der Waals surface area contributed by atoms with E-state index in [0.717, 1.165) is 24.8 Å². The lowest BCUT2D eigenvalue weighted by atomic mass is 9.86. The van der Waals surface area contributed by atoms with Gasteiger partial charge in [-0.3, -0.25) is 14.4 Å². The van der Waals surface area contributed by atoms with Crippen LogP contribution in [0.2, 0.25) is 0 Å². The molecule has 3 saturated heterocycles. The molecule has 1 unspecified atom stereocenters. The topological polar surface area (TPSA) is 162 Å². The fourth-order valence-electron chi connectivity index (χ4n) is 6.16. The maximum atomic E-state index is 12.5. The SMILES string of the molecule is CC(=O)O[C@@H](C)/C=C\C(=O)N[C@@H]1C[C@H](C)[C@H](C/C=C(C)/C=C/[C@H]2O[C@H](CC(=O)NC3CC(N)C3)CC3(CO3)[C@@H]2O)O[C@@H]1C. The molecule has 5 N–H and O–H groups in total. The summed E-state index contributed by atoms with van der Waals surface area (Å²) in [6.07, 6.45) is 10.3. The van der Waals surface area contributed by atoms with Crippen molar-refractivity contribution in [2.75, 3.05) is 6.61 Å². The van der Waals surface area contributed by atoms with Crippen LogP contribution in [-0.2, 0) is 33.3 Å². The molecule has 4 aliphatic rings. The number of aliphatic hydroxyl groups excluding tert-OH is 1. The molecule has 2 amide bonds. The van der Waals surface area contributed by atoms with Gasteiger partial charge in [-0.25, -0.2) is 0 Å². The molecule has 3 heterocycles. The number of allylic oxidation sites excluding steroid dienone is 2. The third-order valence-electron chi connectivity index (χ3n) is 8.88. The number of esters is 1. The van der Waals surface area contributed by atoms with E-state index in [1.807, 2.05) is 26.0 Å². The average Bonchev–Trinajstić information content (AvgIpc) is 3.68. The van der Waals surface area contributed by atoms with Crippen LogP contribution in [0.15, 0.2) is 36.0 Å². The number of carbonyl (C=O) groups excluding carboxylic acids is 3.